The number of nitrogens with zero attached hydrogens (tertiary/aromatic N) is 2. The average Bonchev–Trinajstić information content (AvgIpc) is 3.21. The van der Waals surface area contributed by atoms with Gasteiger partial charge in [-0.2, -0.15) is 0 Å². The Hall–Kier alpha value is -3.19. The number of hydrogen-bond donors (Lipinski definition) is 1. The molecule has 1 aliphatic carbocycles. The third-order valence-electron chi connectivity index (χ3n) is 6.82. The molecule has 1 aromatic heterocycles. The van der Waals surface area contributed by atoms with Crippen LogP contribution in [-0.4, -0.2) is 29.9 Å². The van der Waals surface area contributed by atoms with Gasteiger partial charge in [-0.15, -0.1) is 11.3 Å². The zero-order valence-electron chi connectivity index (χ0n) is 21.8. The lowest BCUT2D eigenvalue weighted by Gasteiger charge is -2.34. The van der Waals surface area contributed by atoms with Crippen LogP contribution in [0.3, 0.4) is 0 Å². The van der Waals surface area contributed by atoms with E-state index in [9.17, 15) is 9.59 Å². The Morgan fingerprint density at radius 1 is 1.03 bits per heavy atom. The second kappa shape index (κ2) is 11.2. The van der Waals surface area contributed by atoms with E-state index in [2.05, 4.69) is 10.3 Å². The molecule has 36 heavy (non-hydrogen) atoms. The number of ether oxygens (including phenoxy) is 1. The molecule has 2 aromatic carbocycles. The molecular weight excluding hydrogens is 470 g/mol. The summed E-state index contributed by atoms with van der Waals surface area (Å²) < 4.78 is 5.36. The van der Waals surface area contributed by atoms with Gasteiger partial charge in [-0.3, -0.25) is 14.5 Å². The van der Waals surface area contributed by atoms with E-state index in [-0.39, 0.29) is 17.9 Å². The topological polar surface area (TPSA) is 71.5 Å². The van der Waals surface area contributed by atoms with Crippen molar-refractivity contribution in [1.29, 1.82) is 0 Å². The number of thiazole rings is 1. The molecule has 0 unspecified atom stereocenters. The van der Waals surface area contributed by atoms with Gasteiger partial charge >= 0.3 is 0 Å². The molecule has 190 valence electrons. The van der Waals surface area contributed by atoms with Gasteiger partial charge < -0.3 is 10.1 Å². The zero-order chi connectivity index (χ0) is 25.8. The summed E-state index contributed by atoms with van der Waals surface area (Å²) >= 11 is 1.37. The first kappa shape index (κ1) is 25.9. The van der Waals surface area contributed by atoms with E-state index in [0.717, 1.165) is 53.1 Å². The van der Waals surface area contributed by atoms with Crippen LogP contribution < -0.4 is 15.0 Å². The van der Waals surface area contributed by atoms with Crippen molar-refractivity contribution < 1.29 is 14.3 Å². The molecule has 1 fully saturated rings. The van der Waals surface area contributed by atoms with Crippen molar-refractivity contribution in [3.63, 3.8) is 0 Å². The minimum Gasteiger partial charge on any atom is -0.497 e. The number of hydrogen-bond acceptors (Lipinski definition) is 5. The molecule has 0 aliphatic heterocycles. The number of carbonyl (C=O) groups is 2. The second-order valence-electron chi connectivity index (χ2n) is 9.63. The highest BCUT2D eigenvalue weighted by atomic mass is 32.1. The van der Waals surface area contributed by atoms with Gasteiger partial charge in [0.15, 0.2) is 0 Å². The Balaban J connectivity index is 1.85. The van der Waals surface area contributed by atoms with E-state index in [1.54, 1.807) is 12.0 Å². The molecule has 3 aromatic rings. The zero-order valence-corrected chi connectivity index (χ0v) is 22.6. The van der Waals surface area contributed by atoms with Gasteiger partial charge in [0.25, 0.3) is 5.91 Å². The number of benzene rings is 2. The van der Waals surface area contributed by atoms with Crippen molar-refractivity contribution in [3.8, 4) is 5.75 Å². The number of anilines is 1. The first-order valence-electron chi connectivity index (χ1n) is 12.6. The highest BCUT2D eigenvalue weighted by Crippen LogP contribution is 2.35. The van der Waals surface area contributed by atoms with Crippen molar-refractivity contribution in [2.24, 2.45) is 0 Å². The predicted molar refractivity (Wildman–Crippen MR) is 145 cm³/mol. The Morgan fingerprint density at radius 3 is 2.31 bits per heavy atom. The van der Waals surface area contributed by atoms with Crippen LogP contribution in [0.2, 0.25) is 0 Å². The number of aromatic nitrogens is 1. The molecule has 0 bridgehead atoms. The standard InChI is InChI=1S/C29H35N3O3S/c1-18-11-16-25(19(2)17-18)32(29(34)27-20(3)30-21(4)36-27)26(22-12-14-24(35-5)15-13-22)28(33)31-23-9-7-6-8-10-23/h11-17,23,26H,6-10H2,1-5H3,(H,31,33)/t26-/m0/s1. The number of carbonyl (C=O) groups excluding carboxylic acids is 2. The second-order valence-corrected chi connectivity index (χ2v) is 10.8. The fourth-order valence-electron chi connectivity index (χ4n) is 5.01. The van der Waals surface area contributed by atoms with E-state index in [0.29, 0.717) is 16.3 Å². The molecule has 0 spiro atoms. The molecule has 4 rings (SSSR count). The summed E-state index contributed by atoms with van der Waals surface area (Å²) in [6, 6.07) is 12.7. The lowest BCUT2D eigenvalue weighted by atomic mass is 9.94. The fraction of sp³-hybridized carbons (Fsp3) is 0.414. The van der Waals surface area contributed by atoms with Gasteiger partial charge in [0.2, 0.25) is 5.91 Å². The summed E-state index contributed by atoms with van der Waals surface area (Å²) in [4.78, 5) is 35.0. The lowest BCUT2D eigenvalue weighted by Crippen LogP contribution is -2.47. The lowest BCUT2D eigenvalue weighted by molar-refractivity contribution is -0.123. The van der Waals surface area contributed by atoms with Crippen LogP contribution in [0, 0.1) is 27.7 Å². The third-order valence-corrected chi connectivity index (χ3v) is 7.88. The monoisotopic (exact) mass is 505 g/mol. The number of rotatable bonds is 7. The first-order valence-corrected chi connectivity index (χ1v) is 13.4. The van der Waals surface area contributed by atoms with Gasteiger partial charge in [0.05, 0.1) is 17.8 Å². The largest absolute Gasteiger partial charge is 0.497 e. The smallest absolute Gasteiger partial charge is 0.271 e. The first-order chi connectivity index (χ1) is 17.3. The van der Waals surface area contributed by atoms with E-state index in [1.807, 2.05) is 70.2 Å². The van der Waals surface area contributed by atoms with Crippen LogP contribution >= 0.6 is 11.3 Å². The van der Waals surface area contributed by atoms with Crippen LogP contribution in [0.25, 0.3) is 0 Å². The SMILES string of the molecule is COc1ccc([C@@H](C(=O)NC2CCCCC2)N(C(=O)c2sc(C)nc2C)c2ccc(C)cc2C)cc1. The predicted octanol–water partition coefficient (Wildman–Crippen LogP) is 6.22. The minimum absolute atomic E-state index is 0.121. The maximum Gasteiger partial charge on any atom is 0.271 e. The maximum atomic E-state index is 14.2. The van der Waals surface area contributed by atoms with E-state index in [1.165, 1.54) is 17.8 Å². The number of amides is 2. The van der Waals surface area contributed by atoms with Gasteiger partial charge in [-0.1, -0.05) is 49.1 Å². The van der Waals surface area contributed by atoms with E-state index in [4.69, 9.17) is 4.74 Å². The van der Waals surface area contributed by atoms with E-state index < -0.39 is 6.04 Å². The Bertz CT molecular complexity index is 1230. The number of aryl methyl sites for hydroxylation is 4. The third kappa shape index (κ3) is 5.62. The summed E-state index contributed by atoms with van der Waals surface area (Å²) in [5.74, 6) is 0.312. The summed E-state index contributed by atoms with van der Waals surface area (Å²) in [6.07, 6.45) is 5.34. The molecule has 0 saturated heterocycles. The van der Waals surface area contributed by atoms with Crippen LogP contribution in [-0.2, 0) is 4.79 Å². The van der Waals surface area contributed by atoms with Crippen LogP contribution in [0.5, 0.6) is 5.75 Å². The van der Waals surface area contributed by atoms with Gasteiger partial charge in [-0.25, -0.2) is 4.98 Å². The van der Waals surface area contributed by atoms with Crippen molar-refractivity contribution in [2.45, 2.75) is 71.9 Å². The normalized spacial score (nSPS) is 14.8. The van der Waals surface area contributed by atoms with Gasteiger partial charge in [-0.05, 0) is 69.9 Å². The van der Waals surface area contributed by atoms with Crippen LogP contribution in [0.4, 0.5) is 5.69 Å². The molecule has 6 nitrogen and oxygen atoms in total. The molecule has 2 amide bonds. The van der Waals surface area contributed by atoms with Crippen molar-refractivity contribution in [3.05, 3.63) is 74.7 Å². The number of methoxy groups -OCH3 is 1. The Kier molecular flexibility index (Phi) is 8.09. The summed E-state index contributed by atoms with van der Waals surface area (Å²) in [6.45, 7) is 7.75. The quantitative estimate of drug-likeness (QED) is 0.414. The molecular formula is C29H35N3O3S. The molecule has 1 atom stereocenters. The highest BCUT2D eigenvalue weighted by molar-refractivity contribution is 7.13. The molecule has 7 heteroatoms. The molecule has 1 N–H and O–H groups in total. The summed E-state index contributed by atoms with van der Waals surface area (Å²) in [7, 11) is 1.61. The summed E-state index contributed by atoms with van der Waals surface area (Å²) in [5.41, 5.74) is 4.16. The molecule has 1 aliphatic rings. The summed E-state index contributed by atoms with van der Waals surface area (Å²) in [5, 5.41) is 4.10. The van der Waals surface area contributed by atoms with E-state index >= 15 is 0 Å². The molecule has 0 radical (unpaired) electrons. The molecule has 1 saturated carbocycles. The molecule has 1 heterocycles. The highest BCUT2D eigenvalue weighted by Gasteiger charge is 2.36. The fourth-order valence-corrected chi connectivity index (χ4v) is 5.87. The van der Waals surface area contributed by atoms with Gasteiger partial charge in [0, 0.05) is 11.7 Å². The van der Waals surface area contributed by atoms with Gasteiger partial charge in [0.1, 0.15) is 16.7 Å². The number of nitrogens with one attached hydrogen (secondary N) is 1. The average molecular weight is 506 g/mol. The Morgan fingerprint density at radius 2 is 1.72 bits per heavy atom. The van der Waals surface area contributed by atoms with Crippen LogP contribution in [0.15, 0.2) is 42.5 Å². The van der Waals surface area contributed by atoms with Crippen molar-refractivity contribution in [1.82, 2.24) is 10.3 Å². The Labute approximate surface area is 217 Å². The van der Waals surface area contributed by atoms with Crippen molar-refractivity contribution in [2.75, 3.05) is 12.0 Å². The minimum atomic E-state index is -0.839. The van der Waals surface area contributed by atoms with Crippen molar-refractivity contribution >= 4 is 28.8 Å². The maximum absolute atomic E-state index is 14.2. The van der Waals surface area contributed by atoms with Crippen LogP contribution in [0.1, 0.15) is 75.2 Å².